The van der Waals surface area contributed by atoms with Crippen molar-refractivity contribution in [3.8, 4) is 0 Å². The number of fused-ring (bicyclic) bond motifs is 1. The van der Waals surface area contributed by atoms with Crippen LogP contribution in [0, 0.1) is 11.8 Å². The first-order valence-corrected chi connectivity index (χ1v) is 15.1. The summed E-state index contributed by atoms with van der Waals surface area (Å²) >= 11 is 7.74. The molecule has 3 amide bonds. The maximum absolute atomic E-state index is 14.5. The predicted octanol–water partition coefficient (Wildman–Crippen LogP) is 4.55. The largest absolute Gasteiger partial charge is 0.395 e. The Morgan fingerprint density at radius 2 is 1.76 bits per heavy atom. The molecule has 1 N–H and O–H groups in total. The van der Waals surface area contributed by atoms with Crippen LogP contribution in [0.4, 0.5) is 5.69 Å². The third-order valence-electron chi connectivity index (χ3n) is 8.71. The van der Waals surface area contributed by atoms with Crippen LogP contribution in [0.15, 0.2) is 79.9 Å². The van der Waals surface area contributed by atoms with Crippen molar-refractivity contribution in [2.75, 3.05) is 31.1 Å². The fraction of sp³-hybridized carbons (Fsp3) is 0.406. The van der Waals surface area contributed by atoms with Gasteiger partial charge in [-0.15, -0.1) is 24.9 Å². The zero-order chi connectivity index (χ0) is 29.4. The Morgan fingerprint density at radius 1 is 1.07 bits per heavy atom. The molecule has 7 nitrogen and oxygen atoms in total. The molecule has 2 bridgehead atoms. The summed E-state index contributed by atoms with van der Waals surface area (Å²) in [5, 5.41) is 10.5. The van der Waals surface area contributed by atoms with Gasteiger partial charge in [0, 0.05) is 41.6 Å². The normalized spacial score (nSPS) is 27.9. The highest BCUT2D eigenvalue weighted by Gasteiger charge is 2.77. The highest BCUT2D eigenvalue weighted by atomic mass is 35.5. The molecule has 3 aliphatic rings. The van der Waals surface area contributed by atoms with E-state index in [1.54, 1.807) is 58.0 Å². The van der Waals surface area contributed by atoms with Crippen molar-refractivity contribution in [3.63, 3.8) is 0 Å². The van der Waals surface area contributed by atoms with Gasteiger partial charge in [0.2, 0.25) is 11.8 Å². The fourth-order valence-corrected chi connectivity index (χ4v) is 9.51. The third kappa shape index (κ3) is 5.00. The summed E-state index contributed by atoms with van der Waals surface area (Å²) in [5.41, 5.74) is 1.64. The van der Waals surface area contributed by atoms with Gasteiger partial charge in [0.25, 0.3) is 5.91 Å². The number of amides is 3. The number of carbonyl (C=O) groups is 3. The summed E-state index contributed by atoms with van der Waals surface area (Å²) in [6.45, 7) is 10.5. The van der Waals surface area contributed by atoms with E-state index >= 15 is 0 Å². The van der Waals surface area contributed by atoms with Crippen molar-refractivity contribution < 1.29 is 19.5 Å². The van der Waals surface area contributed by atoms with Crippen LogP contribution in [-0.4, -0.2) is 74.4 Å². The third-order valence-corrected chi connectivity index (χ3v) is 10.9. The molecule has 9 heteroatoms. The number of benzene rings is 2. The molecule has 3 aliphatic heterocycles. The number of aliphatic hydroxyl groups excluding tert-OH is 1. The van der Waals surface area contributed by atoms with E-state index in [0.717, 1.165) is 5.56 Å². The quantitative estimate of drug-likeness (QED) is 0.387. The summed E-state index contributed by atoms with van der Waals surface area (Å²) in [5.74, 6) is -1.84. The lowest BCUT2D eigenvalue weighted by molar-refractivity contribution is -0.145. The molecule has 2 unspecified atom stereocenters. The van der Waals surface area contributed by atoms with Gasteiger partial charge in [-0.1, -0.05) is 54.1 Å². The van der Waals surface area contributed by atoms with Crippen molar-refractivity contribution in [2.45, 2.75) is 41.8 Å². The molecule has 0 saturated carbocycles. The molecule has 0 aliphatic carbocycles. The standard InChI is InChI=1S/C32H36ClN3O4S/c1-4-17-34(21-22-9-7-6-8-10-22)28(38)25-26-29(39)36(19-20-37)27(32(26)16-15-31(25,3)41-32)30(40)35(18-5-2)24-13-11-23(33)12-14-24/h4-14,25-27,37H,1-2,15-21H2,3H3/t25-,26-,27?,31+,32?/m0/s1. The van der Waals surface area contributed by atoms with Crippen molar-refractivity contribution in [1.82, 2.24) is 9.80 Å². The molecular weight excluding hydrogens is 558 g/mol. The molecule has 0 radical (unpaired) electrons. The number of aliphatic hydroxyl groups is 1. The van der Waals surface area contributed by atoms with Gasteiger partial charge in [-0.2, -0.15) is 0 Å². The monoisotopic (exact) mass is 593 g/mol. The molecule has 41 heavy (non-hydrogen) atoms. The van der Waals surface area contributed by atoms with Crippen LogP contribution >= 0.6 is 23.4 Å². The van der Waals surface area contributed by atoms with Gasteiger partial charge in [0.1, 0.15) is 6.04 Å². The van der Waals surface area contributed by atoms with Crippen LogP contribution in [0.2, 0.25) is 5.02 Å². The van der Waals surface area contributed by atoms with Crippen LogP contribution in [0.5, 0.6) is 0 Å². The first kappa shape index (κ1) is 29.4. The zero-order valence-electron chi connectivity index (χ0n) is 23.2. The summed E-state index contributed by atoms with van der Waals surface area (Å²) in [6, 6.07) is 15.9. The number of halogens is 1. The summed E-state index contributed by atoms with van der Waals surface area (Å²) in [4.78, 5) is 48.0. The minimum Gasteiger partial charge on any atom is -0.395 e. The van der Waals surface area contributed by atoms with E-state index in [-0.39, 0.29) is 37.4 Å². The molecule has 5 rings (SSSR count). The summed E-state index contributed by atoms with van der Waals surface area (Å²) < 4.78 is -1.28. The van der Waals surface area contributed by atoms with Gasteiger partial charge < -0.3 is 19.8 Å². The molecular formula is C32H36ClN3O4S. The minimum atomic E-state index is -0.825. The van der Waals surface area contributed by atoms with Gasteiger partial charge >= 0.3 is 0 Å². The van der Waals surface area contributed by atoms with Crippen LogP contribution in [0.1, 0.15) is 25.3 Å². The van der Waals surface area contributed by atoms with Crippen LogP contribution in [-0.2, 0) is 20.9 Å². The second-order valence-electron chi connectivity index (χ2n) is 11.2. The molecule has 5 atom stereocenters. The SMILES string of the molecule is C=CCN(Cc1ccccc1)C(=O)[C@@H]1[C@H]2C(=O)N(CCO)C(C(=O)N(CC=C)c3ccc(Cl)cc3)C23CC[C@@]1(C)S3. The maximum atomic E-state index is 14.5. The van der Waals surface area contributed by atoms with E-state index in [9.17, 15) is 19.5 Å². The number of thioether (sulfide) groups is 1. The van der Waals surface area contributed by atoms with Crippen molar-refractivity contribution in [3.05, 3.63) is 90.5 Å². The number of hydrogen-bond acceptors (Lipinski definition) is 5. The second-order valence-corrected chi connectivity index (χ2v) is 13.5. The Balaban J connectivity index is 1.54. The van der Waals surface area contributed by atoms with Gasteiger partial charge in [-0.3, -0.25) is 14.4 Å². The van der Waals surface area contributed by atoms with Crippen molar-refractivity contribution >= 4 is 46.8 Å². The molecule has 2 aromatic rings. The number of carbonyl (C=O) groups excluding carboxylic acids is 3. The van der Waals surface area contributed by atoms with E-state index in [1.165, 1.54) is 4.90 Å². The Kier molecular flexibility index (Phi) is 8.37. The van der Waals surface area contributed by atoms with E-state index in [4.69, 9.17) is 11.6 Å². The molecule has 2 aromatic carbocycles. The highest BCUT2D eigenvalue weighted by Crippen LogP contribution is 2.71. The zero-order valence-corrected chi connectivity index (χ0v) is 24.8. The Labute approximate surface area is 250 Å². The fourth-order valence-electron chi connectivity index (χ4n) is 7.04. The number of nitrogens with zero attached hydrogens (tertiary/aromatic N) is 3. The number of β-amino-alcohol motifs (C(OH)–C–C–N with tert-alkyl or cyclic N) is 1. The van der Waals surface area contributed by atoms with Crippen molar-refractivity contribution in [2.24, 2.45) is 11.8 Å². The summed E-state index contributed by atoms with van der Waals surface area (Å²) in [6.07, 6.45) is 4.71. The molecule has 0 aromatic heterocycles. The minimum absolute atomic E-state index is 0.0224. The topological polar surface area (TPSA) is 81.2 Å². The second kappa shape index (κ2) is 11.7. The van der Waals surface area contributed by atoms with E-state index < -0.39 is 27.4 Å². The van der Waals surface area contributed by atoms with Gasteiger partial charge in [0.15, 0.2) is 0 Å². The molecule has 1 spiro atoms. The number of anilines is 1. The van der Waals surface area contributed by atoms with Crippen LogP contribution in [0.25, 0.3) is 0 Å². The lowest BCUT2D eigenvalue weighted by atomic mass is 9.66. The Morgan fingerprint density at radius 3 is 2.39 bits per heavy atom. The molecule has 3 fully saturated rings. The van der Waals surface area contributed by atoms with E-state index in [1.807, 2.05) is 30.3 Å². The first-order valence-electron chi connectivity index (χ1n) is 13.9. The lowest BCUT2D eigenvalue weighted by Crippen LogP contribution is -2.55. The van der Waals surface area contributed by atoms with Crippen LogP contribution in [0.3, 0.4) is 0 Å². The smallest absolute Gasteiger partial charge is 0.251 e. The lowest BCUT2D eigenvalue weighted by Gasteiger charge is -2.38. The Bertz CT molecular complexity index is 1340. The van der Waals surface area contributed by atoms with Gasteiger partial charge in [0.05, 0.1) is 23.2 Å². The summed E-state index contributed by atoms with van der Waals surface area (Å²) in [7, 11) is 0. The van der Waals surface area contributed by atoms with E-state index in [2.05, 4.69) is 20.1 Å². The molecule has 216 valence electrons. The predicted molar refractivity (Wildman–Crippen MR) is 164 cm³/mol. The number of likely N-dealkylation sites (tertiary alicyclic amines) is 1. The van der Waals surface area contributed by atoms with Crippen molar-refractivity contribution in [1.29, 1.82) is 0 Å². The Hall–Kier alpha value is -3.07. The van der Waals surface area contributed by atoms with Gasteiger partial charge in [-0.05, 0) is 49.6 Å². The number of rotatable bonds is 11. The molecule has 3 saturated heterocycles. The molecule has 3 heterocycles. The first-order chi connectivity index (χ1) is 19.7. The van der Waals surface area contributed by atoms with Gasteiger partial charge in [-0.25, -0.2) is 0 Å². The maximum Gasteiger partial charge on any atom is 0.251 e. The van der Waals surface area contributed by atoms with Crippen LogP contribution < -0.4 is 4.90 Å². The average molecular weight is 594 g/mol. The average Bonchev–Trinajstić information content (AvgIpc) is 3.53. The number of hydrogen-bond donors (Lipinski definition) is 1. The highest BCUT2D eigenvalue weighted by molar-refractivity contribution is 8.02. The van der Waals surface area contributed by atoms with E-state index in [0.29, 0.717) is 36.6 Å².